The topological polar surface area (TPSA) is 118 Å². The molecule has 0 radical (unpaired) electrons. The molecule has 33 heavy (non-hydrogen) atoms. The van der Waals surface area contributed by atoms with Gasteiger partial charge in [0.1, 0.15) is 17.4 Å². The third-order valence-corrected chi connectivity index (χ3v) is 6.05. The minimum atomic E-state index is -1.54. The molecule has 1 fully saturated rings. The molecule has 0 spiro atoms. The van der Waals surface area contributed by atoms with Crippen molar-refractivity contribution in [1.82, 2.24) is 0 Å². The summed E-state index contributed by atoms with van der Waals surface area (Å²) in [5, 5.41) is 11.1. The highest BCUT2D eigenvalue weighted by Gasteiger charge is 2.50. The van der Waals surface area contributed by atoms with E-state index >= 15 is 0 Å². The Labute approximate surface area is 192 Å². The molecule has 0 unspecified atom stereocenters. The van der Waals surface area contributed by atoms with Gasteiger partial charge in [0.25, 0.3) is 0 Å². The Kier molecular flexibility index (Phi) is 6.85. The number of allylic oxidation sites excluding steroid dienone is 3. The van der Waals surface area contributed by atoms with E-state index in [-0.39, 0.29) is 35.7 Å². The van der Waals surface area contributed by atoms with Crippen molar-refractivity contribution in [2.75, 3.05) is 14.2 Å². The summed E-state index contributed by atoms with van der Waals surface area (Å²) in [6.45, 7) is 8.61. The summed E-state index contributed by atoms with van der Waals surface area (Å²) in [5.74, 6) is -3.36. The normalized spacial score (nSPS) is 36.8. The molecule has 0 aliphatic carbocycles. The van der Waals surface area contributed by atoms with Gasteiger partial charge in [-0.1, -0.05) is 18.2 Å². The molecule has 3 rings (SSSR count). The summed E-state index contributed by atoms with van der Waals surface area (Å²) in [6, 6.07) is 0. The number of hydrogen-bond donors (Lipinski definition) is 1. The predicted octanol–water partition coefficient (Wildman–Crippen LogP) is 2.25. The Morgan fingerprint density at radius 1 is 1.24 bits per heavy atom. The van der Waals surface area contributed by atoms with E-state index in [1.165, 1.54) is 40.2 Å². The number of esters is 3. The van der Waals surface area contributed by atoms with Crippen LogP contribution in [-0.2, 0) is 38.1 Å². The van der Waals surface area contributed by atoms with Crippen LogP contribution in [0.25, 0.3) is 0 Å². The Hall–Kier alpha value is -2.91. The second kappa shape index (κ2) is 9.15. The van der Waals surface area contributed by atoms with Gasteiger partial charge in [0.15, 0.2) is 6.10 Å². The Morgan fingerprint density at radius 3 is 2.52 bits per heavy atom. The third kappa shape index (κ3) is 5.04. The molecule has 1 N–H and O–H groups in total. The van der Waals surface area contributed by atoms with E-state index in [1.807, 2.05) is 6.92 Å². The highest BCUT2D eigenvalue weighted by atomic mass is 16.7. The molecular formula is C24H30O9. The highest BCUT2D eigenvalue weighted by Crippen LogP contribution is 2.43. The summed E-state index contributed by atoms with van der Waals surface area (Å²) < 4.78 is 27.6. The highest BCUT2D eigenvalue weighted by molar-refractivity contribution is 5.93. The SMILES string of the molecule is C=C(C)[C@@H]1C/C=C2/C(=O)O[C@@H](C[C@@](C)(O)/C=C3/C=C(C(=O)OC)[C@](OC)(C1)O3)[C@@H]2OC(C)=O. The van der Waals surface area contributed by atoms with E-state index in [0.717, 1.165) is 5.57 Å². The molecule has 1 saturated heterocycles. The van der Waals surface area contributed by atoms with Crippen LogP contribution in [0, 0.1) is 5.92 Å². The first-order valence-corrected chi connectivity index (χ1v) is 10.6. The van der Waals surface area contributed by atoms with Crippen molar-refractivity contribution in [2.45, 2.75) is 63.6 Å². The molecule has 4 bridgehead atoms. The Morgan fingerprint density at radius 2 is 1.94 bits per heavy atom. The van der Waals surface area contributed by atoms with E-state index in [1.54, 1.807) is 6.08 Å². The second-order valence-electron chi connectivity index (χ2n) is 8.83. The van der Waals surface area contributed by atoms with Crippen molar-refractivity contribution in [1.29, 1.82) is 0 Å². The smallest absolute Gasteiger partial charge is 0.340 e. The van der Waals surface area contributed by atoms with E-state index in [0.29, 0.717) is 6.42 Å². The van der Waals surface area contributed by atoms with Gasteiger partial charge in [-0.25, -0.2) is 9.59 Å². The van der Waals surface area contributed by atoms with Gasteiger partial charge >= 0.3 is 17.9 Å². The number of hydrogen-bond acceptors (Lipinski definition) is 9. The summed E-state index contributed by atoms with van der Waals surface area (Å²) >= 11 is 0. The van der Waals surface area contributed by atoms with E-state index < -0.39 is 41.5 Å². The molecular weight excluding hydrogens is 432 g/mol. The number of aliphatic hydroxyl groups is 1. The van der Waals surface area contributed by atoms with Crippen molar-refractivity contribution >= 4 is 17.9 Å². The van der Waals surface area contributed by atoms with Gasteiger partial charge in [-0.15, -0.1) is 0 Å². The summed E-state index contributed by atoms with van der Waals surface area (Å²) in [4.78, 5) is 36.9. The zero-order chi connectivity index (χ0) is 24.6. The summed E-state index contributed by atoms with van der Waals surface area (Å²) in [5.41, 5.74) is -0.427. The van der Waals surface area contributed by atoms with Gasteiger partial charge in [-0.2, -0.15) is 0 Å². The molecule has 5 atom stereocenters. The molecule has 0 aromatic rings. The lowest BCUT2D eigenvalue weighted by molar-refractivity contribution is -0.178. The lowest BCUT2D eigenvalue weighted by atomic mass is 9.86. The standard InChI is InChI=1S/C24H30O9/c1-13(2)15-7-8-17-20(31-14(3)25)19(32-21(17)26)12-23(4,28)11-16-9-18(22(27)29-5)24(10-15,30-6)33-16/h8-9,11,15,19-20,28H,1,7,10,12H2,2-6H3/b16-11-,17-8+/t15-,19+,20-,23+,24+/m1/s1. The molecule has 9 nitrogen and oxygen atoms in total. The largest absolute Gasteiger partial charge is 0.465 e. The predicted molar refractivity (Wildman–Crippen MR) is 115 cm³/mol. The number of rotatable bonds is 4. The van der Waals surface area contributed by atoms with E-state index in [4.69, 9.17) is 23.7 Å². The fourth-order valence-corrected chi connectivity index (χ4v) is 4.38. The van der Waals surface area contributed by atoms with Crippen molar-refractivity contribution in [2.24, 2.45) is 5.92 Å². The van der Waals surface area contributed by atoms with Gasteiger partial charge in [-0.05, 0) is 38.3 Å². The molecule has 3 aliphatic rings. The summed E-state index contributed by atoms with van der Waals surface area (Å²) in [6.07, 6.45) is 3.09. The van der Waals surface area contributed by atoms with Crippen LogP contribution in [0.4, 0.5) is 0 Å². The third-order valence-electron chi connectivity index (χ3n) is 6.05. The Bertz CT molecular complexity index is 955. The maximum atomic E-state index is 12.6. The first-order chi connectivity index (χ1) is 15.4. The maximum Gasteiger partial charge on any atom is 0.340 e. The molecule has 0 aromatic heterocycles. The lowest BCUT2D eigenvalue weighted by Gasteiger charge is -2.33. The van der Waals surface area contributed by atoms with Crippen molar-refractivity contribution in [3.8, 4) is 0 Å². The molecule has 3 heterocycles. The van der Waals surface area contributed by atoms with Gasteiger partial charge in [0.2, 0.25) is 5.79 Å². The second-order valence-corrected chi connectivity index (χ2v) is 8.83. The van der Waals surface area contributed by atoms with Gasteiger partial charge in [0.05, 0.1) is 18.3 Å². The maximum absolute atomic E-state index is 12.6. The number of methoxy groups -OCH3 is 2. The number of ether oxygens (including phenoxy) is 5. The van der Waals surface area contributed by atoms with Crippen LogP contribution in [0.2, 0.25) is 0 Å². The number of fused-ring (bicyclic) bond motifs is 4. The van der Waals surface area contributed by atoms with Crippen LogP contribution in [0.3, 0.4) is 0 Å². The molecule has 0 saturated carbocycles. The minimum absolute atomic E-state index is 0.0772. The van der Waals surface area contributed by atoms with Crippen LogP contribution < -0.4 is 0 Å². The van der Waals surface area contributed by atoms with E-state index in [9.17, 15) is 19.5 Å². The summed E-state index contributed by atoms with van der Waals surface area (Å²) in [7, 11) is 2.68. The first-order valence-electron chi connectivity index (χ1n) is 10.6. The quantitative estimate of drug-likeness (QED) is 0.381. The zero-order valence-electron chi connectivity index (χ0n) is 19.5. The Balaban J connectivity index is 2.15. The van der Waals surface area contributed by atoms with Gasteiger partial charge in [0, 0.05) is 26.9 Å². The molecule has 3 aliphatic heterocycles. The number of carbonyl (C=O) groups excluding carboxylic acids is 3. The fourth-order valence-electron chi connectivity index (χ4n) is 4.38. The van der Waals surface area contributed by atoms with Gasteiger partial charge in [-0.3, -0.25) is 4.79 Å². The molecule has 0 aromatic carbocycles. The minimum Gasteiger partial charge on any atom is -0.465 e. The number of carbonyl (C=O) groups is 3. The van der Waals surface area contributed by atoms with Crippen LogP contribution in [0.1, 0.15) is 40.0 Å². The zero-order valence-corrected chi connectivity index (χ0v) is 19.5. The van der Waals surface area contributed by atoms with Crippen LogP contribution in [-0.4, -0.2) is 60.8 Å². The first kappa shape index (κ1) is 24.7. The monoisotopic (exact) mass is 462 g/mol. The van der Waals surface area contributed by atoms with Crippen molar-refractivity contribution in [3.63, 3.8) is 0 Å². The molecule has 9 heteroatoms. The average Bonchev–Trinajstić information content (AvgIpc) is 3.20. The molecule has 0 amide bonds. The van der Waals surface area contributed by atoms with Crippen LogP contribution >= 0.6 is 0 Å². The lowest BCUT2D eigenvalue weighted by Crippen LogP contribution is -2.39. The molecule has 180 valence electrons. The van der Waals surface area contributed by atoms with Crippen LogP contribution in [0.15, 0.2) is 47.3 Å². The van der Waals surface area contributed by atoms with E-state index in [2.05, 4.69) is 6.58 Å². The van der Waals surface area contributed by atoms with Crippen LogP contribution in [0.5, 0.6) is 0 Å². The van der Waals surface area contributed by atoms with Crippen molar-refractivity contribution < 1.29 is 43.2 Å². The van der Waals surface area contributed by atoms with Crippen molar-refractivity contribution in [3.05, 3.63) is 47.3 Å². The van der Waals surface area contributed by atoms with Gasteiger partial charge < -0.3 is 28.8 Å². The average molecular weight is 462 g/mol. The fraction of sp³-hybridized carbons (Fsp3) is 0.542.